The van der Waals surface area contributed by atoms with Gasteiger partial charge in [0.05, 0.1) is 25.3 Å². The molecule has 0 spiro atoms. The van der Waals surface area contributed by atoms with Crippen LogP contribution in [0.1, 0.15) is 12.0 Å². The van der Waals surface area contributed by atoms with E-state index in [0.717, 1.165) is 0 Å². The number of ether oxygens (including phenoxy) is 1. The van der Waals surface area contributed by atoms with Crippen LogP contribution in [0.3, 0.4) is 0 Å². The highest BCUT2D eigenvalue weighted by molar-refractivity contribution is 5.61. The van der Waals surface area contributed by atoms with Crippen LogP contribution in [-0.2, 0) is 0 Å². The van der Waals surface area contributed by atoms with Crippen molar-refractivity contribution in [2.75, 3.05) is 12.8 Å². The van der Waals surface area contributed by atoms with Gasteiger partial charge in [-0.1, -0.05) is 12.2 Å². The molecule has 0 amide bonds. The molecular formula is C11H11FN2O. The average Bonchev–Trinajstić information content (AvgIpc) is 2.21. The molecule has 0 bridgehead atoms. The molecule has 4 heteroatoms. The fourth-order valence-electron chi connectivity index (χ4n) is 1.13. The molecule has 15 heavy (non-hydrogen) atoms. The van der Waals surface area contributed by atoms with Gasteiger partial charge in [0.25, 0.3) is 0 Å². The van der Waals surface area contributed by atoms with E-state index in [1.807, 2.05) is 6.07 Å². The lowest BCUT2D eigenvalue weighted by atomic mass is 10.1. The summed E-state index contributed by atoms with van der Waals surface area (Å²) < 4.78 is 18.3. The number of methoxy groups -OCH3 is 1. The van der Waals surface area contributed by atoms with Gasteiger partial charge in [-0.3, -0.25) is 0 Å². The Balaban J connectivity index is 3.03. The summed E-state index contributed by atoms with van der Waals surface area (Å²) in [5.74, 6) is -0.00417. The molecule has 1 aromatic rings. The SMILES string of the molecule is COc1cc(C=CCC#N)c(F)cc1N. The molecule has 2 N–H and O–H groups in total. The number of nitrogens with zero attached hydrogens (tertiary/aromatic N) is 1. The van der Waals surface area contributed by atoms with E-state index < -0.39 is 5.82 Å². The Hall–Kier alpha value is -2.02. The first kappa shape index (κ1) is 11.1. The van der Waals surface area contributed by atoms with Gasteiger partial charge in [0.1, 0.15) is 11.6 Å². The average molecular weight is 206 g/mol. The van der Waals surface area contributed by atoms with Crippen molar-refractivity contribution < 1.29 is 9.13 Å². The molecule has 3 nitrogen and oxygen atoms in total. The summed E-state index contributed by atoms with van der Waals surface area (Å²) in [4.78, 5) is 0. The van der Waals surface area contributed by atoms with E-state index in [9.17, 15) is 4.39 Å². The van der Waals surface area contributed by atoms with Gasteiger partial charge >= 0.3 is 0 Å². The summed E-state index contributed by atoms with van der Waals surface area (Å²) in [6, 6.07) is 4.63. The Kier molecular flexibility index (Phi) is 3.69. The van der Waals surface area contributed by atoms with E-state index in [1.165, 1.54) is 25.3 Å². The number of hydrogen-bond acceptors (Lipinski definition) is 3. The summed E-state index contributed by atoms with van der Waals surface area (Å²) in [5, 5.41) is 8.32. The smallest absolute Gasteiger partial charge is 0.142 e. The van der Waals surface area contributed by atoms with Crippen molar-refractivity contribution in [2.45, 2.75) is 6.42 Å². The fraction of sp³-hybridized carbons (Fsp3) is 0.182. The topological polar surface area (TPSA) is 59.0 Å². The Morgan fingerprint density at radius 3 is 2.93 bits per heavy atom. The third-order valence-electron chi connectivity index (χ3n) is 1.86. The van der Waals surface area contributed by atoms with Crippen LogP contribution in [0.15, 0.2) is 18.2 Å². The van der Waals surface area contributed by atoms with Crippen LogP contribution in [0.2, 0.25) is 0 Å². The third-order valence-corrected chi connectivity index (χ3v) is 1.86. The highest BCUT2D eigenvalue weighted by atomic mass is 19.1. The molecule has 0 unspecified atom stereocenters. The van der Waals surface area contributed by atoms with Crippen molar-refractivity contribution in [3.8, 4) is 11.8 Å². The number of halogens is 1. The Bertz CT molecular complexity index is 421. The van der Waals surface area contributed by atoms with E-state index in [2.05, 4.69) is 0 Å². The Labute approximate surface area is 87.6 Å². The maximum absolute atomic E-state index is 13.3. The summed E-state index contributed by atoms with van der Waals surface area (Å²) in [5.41, 5.74) is 6.13. The second kappa shape index (κ2) is 5.01. The van der Waals surface area contributed by atoms with Crippen LogP contribution >= 0.6 is 0 Å². The Morgan fingerprint density at radius 2 is 2.33 bits per heavy atom. The molecule has 0 heterocycles. The van der Waals surface area contributed by atoms with Crippen LogP contribution in [0.5, 0.6) is 5.75 Å². The van der Waals surface area contributed by atoms with E-state index in [-0.39, 0.29) is 12.1 Å². The van der Waals surface area contributed by atoms with Gasteiger partial charge in [-0.2, -0.15) is 5.26 Å². The number of hydrogen-bond donors (Lipinski definition) is 1. The zero-order valence-electron chi connectivity index (χ0n) is 8.33. The molecule has 1 rings (SSSR count). The quantitative estimate of drug-likeness (QED) is 0.772. The standard InChI is InChI=1S/C11H11FN2O/c1-15-11-6-8(4-2-3-5-13)9(12)7-10(11)14/h2,4,6-7H,3,14H2,1H3. The summed E-state index contributed by atoms with van der Waals surface area (Å²) in [6.45, 7) is 0. The summed E-state index contributed by atoms with van der Waals surface area (Å²) >= 11 is 0. The molecule has 1 aromatic carbocycles. The first-order chi connectivity index (χ1) is 7.19. The molecule has 0 saturated heterocycles. The van der Waals surface area contributed by atoms with Crippen molar-refractivity contribution in [2.24, 2.45) is 0 Å². The highest BCUT2D eigenvalue weighted by Crippen LogP contribution is 2.25. The lowest BCUT2D eigenvalue weighted by Gasteiger charge is -2.06. The normalized spacial score (nSPS) is 10.2. The lowest BCUT2D eigenvalue weighted by molar-refractivity contribution is 0.416. The van der Waals surface area contributed by atoms with E-state index in [0.29, 0.717) is 11.3 Å². The molecule has 78 valence electrons. The van der Waals surface area contributed by atoms with Crippen molar-refractivity contribution in [1.82, 2.24) is 0 Å². The minimum Gasteiger partial charge on any atom is -0.495 e. The molecule has 0 saturated carbocycles. The molecule has 0 aliphatic carbocycles. The molecule has 0 aliphatic rings. The van der Waals surface area contributed by atoms with Crippen molar-refractivity contribution >= 4 is 11.8 Å². The van der Waals surface area contributed by atoms with E-state index in [4.69, 9.17) is 15.7 Å². The molecule has 0 aromatic heterocycles. The van der Waals surface area contributed by atoms with Crippen molar-refractivity contribution in [3.63, 3.8) is 0 Å². The largest absolute Gasteiger partial charge is 0.495 e. The maximum atomic E-state index is 13.3. The first-order valence-corrected chi connectivity index (χ1v) is 4.35. The van der Waals surface area contributed by atoms with E-state index >= 15 is 0 Å². The zero-order chi connectivity index (χ0) is 11.3. The lowest BCUT2D eigenvalue weighted by Crippen LogP contribution is -1.95. The number of nitrogens with two attached hydrogens (primary N) is 1. The number of allylic oxidation sites excluding steroid dienone is 1. The van der Waals surface area contributed by atoms with Gasteiger partial charge in [-0.25, -0.2) is 4.39 Å². The summed E-state index contributed by atoms with van der Waals surface area (Å²) in [6.07, 6.45) is 3.35. The second-order valence-corrected chi connectivity index (χ2v) is 2.88. The predicted molar refractivity (Wildman–Crippen MR) is 56.6 cm³/mol. The zero-order valence-corrected chi connectivity index (χ0v) is 8.33. The predicted octanol–water partition coefficient (Wildman–Crippen LogP) is 2.34. The van der Waals surface area contributed by atoms with Crippen LogP contribution in [0.4, 0.5) is 10.1 Å². The van der Waals surface area contributed by atoms with Gasteiger partial charge in [0, 0.05) is 11.6 Å². The van der Waals surface area contributed by atoms with Crippen LogP contribution in [-0.4, -0.2) is 7.11 Å². The number of rotatable bonds is 3. The molecule has 0 fully saturated rings. The molecular weight excluding hydrogens is 195 g/mol. The maximum Gasteiger partial charge on any atom is 0.142 e. The highest BCUT2D eigenvalue weighted by Gasteiger charge is 2.05. The van der Waals surface area contributed by atoms with E-state index in [1.54, 1.807) is 6.08 Å². The first-order valence-electron chi connectivity index (χ1n) is 4.35. The second-order valence-electron chi connectivity index (χ2n) is 2.88. The number of benzene rings is 1. The fourth-order valence-corrected chi connectivity index (χ4v) is 1.13. The van der Waals surface area contributed by atoms with Gasteiger partial charge in [0.2, 0.25) is 0 Å². The van der Waals surface area contributed by atoms with Gasteiger partial charge < -0.3 is 10.5 Å². The third kappa shape index (κ3) is 2.71. The number of nitrogen functional groups attached to an aromatic ring is 1. The van der Waals surface area contributed by atoms with Gasteiger partial charge in [-0.05, 0) is 6.07 Å². The van der Waals surface area contributed by atoms with Crippen molar-refractivity contribution in [3.05, 3.63) is 29.6 Å². The molecule has 0 aliphatic heterocycles. The van der Waals surface area contributed by atoms with Gasteiger partial charge in [-0.15, -0.1) is 0 Å². The Morgan fingerprint density at radius 1 is 1.60 bits per heavy atom. The number of nitriles is 1. The van der Waals surface area contributed by atoms with Gasteiger partial charge in [0.15, 0.2) is 0 Å². The summed E-state index contributed by atoms with van der Waals surface area (Å²) in [7, 11) is 1.46. The number of anilines is 1. The monoisotopic (exact) mass is 206 g/mol. The van der Waals surface area contributed by atoms with Crippen LogP contribution in [0, 0.1) is 17.1 Å². The van der Waals surface area contributed by atoms with Crippen LogP contribution in [0.25, 0.3) is 6.08 Å². The minimum atomic E-state index is -0.428. The minimum absolute atomic E-state index is 0.242. The van der Waals surface area contributed by atoms with Crippen molar-refractivity contribution in [1.29, 1.82) is 5.26 Å². The molecule has 0 radical (unpaired) electrons. The van der Waals surface area contributed by atoms with Crippen LogP contribution < -0.4 is 10.5 Å². The molecule has 0 atom stereocenters.